The van der Waals surface area contributed by atoms with Crippen LogP contribution < -0.4 is 4.74 Å². The van der Waals surface area contributed by atoms with E-state index >= 15 is 0 Å². The third kappa shape index (κ3) is 4.25. The maximum absolute atomic E-state index is 9.38. The Labute approximate surface area is 127 Å². The van der Waals surface area contributed by atoms with Gasteiger partial charge in [0, 0.05) is 5.41 Å². The predicted molar refractivity (Wildman–Crippen MR) is 86.7 cm³/mol. The minimum Gasteiger partial charge on any atom is -0.508 e. The minimum atomic E-state index is 0.0154. The second-order valence-corrected chi connectivity index (χ2v) is 6.16. The third-order valence-electron chi connectivity index (χ3n) is 3.86. The van der Waals surface area contributed by atoms with E-state index in [1.807, 2.05) is 42.5 Å². The van der Waals surface area contributed by atoms with Gasteiger partial charge in [0.15, 0.2) is 0 Å². The molecule has 0 aliphatic heterocycles. The third-order valence-corrected chi connectivity index (χ3v) is 3.86. The van der Waals surface area contributed by atoms with Gasteiger partial charge in [-0.3, -0.25) is 0 Å². The van der Waals surface area contributed by atoms with Crippen LogP contribution in [0, 0.1) is 5.41 Å². The molecule has 112 valence electrons. The van der Waals surface area contributed by atoms with E-state index in [0.29, 0.717) is 5.75 Å². The van der Waals surface area contributed by atoms with Gasteiger partial charge in [-0.15, -0.1) is 0 Å². The van der Waals surface area contributed by atoms with Gasteiger partial charge in [-0.2, -0.15) is 0 Å². The Morgan fingerprint density at radius 2 is 1.62 bits per heavy atom. The Morgan fingerprint density at radius 3 is 2.19 bits per heavy atom. The van der Waals surface area contributed by atoms with Crippen LogP contribution in [0.25, 0.3) is 0 Å². The van der Waals surface area contributed by atoms with E-state index < -0.39 is 0 Å². The lowest BCUT2D eigenvalue weighted by Gasteiger charge is -2.34. The fraction of sp³-hybridized carbons (Fsp3) is 0.368. The van der Waals surface area contributed by atoms with Crippen LogP contribution in [0.3, 0.4) is 0 Å². The molecule has 2 aromatic rings. The molecule has 2 aromatic carbocycles. The minimum absolute atomic E-state index is 0.0154. The standard InChI is InChI=1S/C19H24O2/c1-4-18(21-17-8-6-5-7-9-17)19(2,3)14-15-10-12-16(20)13-11-15/h5-13,18,20H,4,14H2,1-3H3. The summed E-state index contributed by atoms with van der Waals surface area (Å²) < 4.78 is 6.17. The highest BCUT2D eigenvalue weighted by Gasteiger charge is 2.30. The van der Waals surface area contributed by atoms with Gasteiger partial charge in [-0.05, 0) is 42.7 Å². The van der Waals surface area contributed by atoms with E-state index in [-0.39, 0.29) is 11.5 Å². The zero-order valence-electron chi connectivity index (χ0n) is 13.0. The monoisotopic (exact) mass is 284 g/mol. The van der Waals surface area contributed by atoms with E-state index in [1.54, 1.807) is 12.1 Å². The van der Waals surface area contributed by atoms with Crippen molar-refractivity contribution in [1.29, 1.82) is 0 Å². The summed E-state index contributed by atoms with van der Waals surface area (Å²) in [6.45, 7) is 6.63. The van der Waals surface area contributed by atoms with Crippen LogP contribution >= 0.6 is 0 Å². The topological polar surface area (TPSA) is 29.5 Å². The van der Waals surface area contributed by atoms with Crippen molar-refractivity contribution < 1.29 is 9.84 Å². The normalized spacial score (nSPS) is 12.9. The second kappa shape index (κ2) is 6.66. The molecule has 0 aliphatic carbocycles. The summed E-state index contributed by atoms with van der Waals surface area (Å²) in [7, 11) is 0. The van der Waals surface area contributed by atoms with E-state index in [2.05, 4.69) is 20.8 Å². The van der Waals surface area contributed by atoms with Crippen LogP contribution in [0.5, 0.6) is 11.5 Å². The maximum atomic E-state index is 9.38. The van der Waals surface area contributed by atoms with Crippen molar-refractivity contribution in [3.8, 4) is 11.5 Å². The first kappa shape index (κ1) is 15.4. The molecule has 0 spiro atoms. The van der Waals surface area contributed by atoms with Gasteiger partial charge < -0.3 is 9.84 Å². The highest BCUT2D eigenvalue weighted by molar-refractivity contribution is 5.27. The zero-order valence-corrected chi connectivity index (χ0v) is 13.0. The highest BCUT2D eigenvalue weighted by Crippen LogP contribution is 2.31. The Hall–Kier alpha value is -1.96. The van der Waals surface area contributed by atoms with Crippen molar-refractivity contribution in [3.05, 3.63) is 60.2 Å². The van der Waals surface area contributed by atoms with Crippen molar-refractivity contribution in [2.75, 3.05) is 0 Å². The Balaban J connectivity index is 2.09. The molecule has 0 saturated heterocycles. The summed E-state index contributed by atoms with van der Waals surface area (Å²) in [5.41, 5.74) is 1.23. The molecule has 0 aromatic heterocycles. The van der Waals surface area contributed by atoms with Gasteiger partial charge in [-0.1, -0.05) is 51.1 Å². The molecule has 1 atom stereocenters. The number of ether oxygens (including phenoxy) is 1. The van der Waals surface area contributed by atoms with Crippen molar-refractivity contribution in [2.24, 2.45) is 5.41 Å². The number of hydrogen-bond donors (Lipinski definition) is 1. The average Bonchev–Trinajstić information content (AvgIpc) is 2.48. The lowest BCUT2D eigenvalue weighted by Crippen LogP contribution is -2.35. The average molecular weight is 284 g/mol. The number of para-hydroxylation sites is 1. The summed E-state index contributed by atoms with van der Waals surface area (Å²) in [6, 6.07) is 17.4. The first-order valence-corrected chi connectivity index (χ1v) is 7.51. The van der Waals surface area contributed by atoms with Crippen LogP contribution in [0.2, 0.25) is 0 Å². The summed E-state index contributed by atoms with van der Waals surface area (Å²) in [5, 5.41) is 9.38. The largest absolute Gasteiger partial charge is 0.508 e. The number of phenolic OH excluding ortho intramolecular Hbond substituents is 1. The van der Waals surface area contributed by atoms with Crippen LogP contribution in [0.15, 0.2) is 54.6 Å². The summed E-state index contributed by atoms with van der Waals surface area (Å²) in [5.74, 6) is 1.23. The molecule has 1 N–H and O–H groups in total. The molecule has 0 fully saturated rings. The van der Waals surface area contributed by atoms with Crippen LogP contribution in [-0.2, 0) is 6.42 Å². The summed E-state index contributed by atoms with van der Waals surface area (Å²) >= 11 is 0. The molecule has 2 nitrogen and oxygen atoms in total. The van der Waals surface area contributed by atoms with Gasteiger partial charge in [0.2, 0.25) is 0 Å². The van der Waals surface area contributed by atoms with E-state index in [1.165, 1.54) is 5.56 Å². The molecule has 0 bridgehead atoms. The molecular weight excluding hydrogens is 260 g/mol. The van der Waals surface area contributed by atoms with E-state index in [0.717, 1.165) is 18.6 Å². The number of hydrogen-bond acceptors (Lipinski definition) is 2. The molecular formula is C19H24O2. The van der Waals surface area contributed by atoms with Gasteiger partial charge in [-0.25, -0.2) is 0 Å². The Morgan fingerprint density at radius 1 is 1.00 bits per heavy atom. The predicted octanol–water partition coefficient (Wildman–Crippen LogP) is 4.82. The van der Waals surface area contributed by atoms with Crippen LogP contribution in [0.1, 0.15) is 32.8 Å². The fourth-order valence-electron chi connectivity index (χ4n) is 2.71. The fourth-order valence-corrected chi connectivity index (χ4v) is 2.71. The first-order chi connectivity index (χ1) is 10.0. The lowest BCUT2D eigenvalue weighted by molar-refractivity contribution is 0.0698. The van der Waals surface area contributed by atoms with Crippen molar-refractivity contribution in [3.63, 3.8) is 0 Å². The molecule has 0 saturated carbocycles. The highest BCUT2D eigenvalue weighted by atomic mass is 16.5. The molecule has 0 amide bonds. The summed E-state index contributed by atoms with van der Waals surface area (Å²) in [4.78, 5) is 0. The molecule has 21 heavy (non-hydrogen) atoms. The van der Waals surface area contributed by atoms with Gasteiger partial charge >= 0.3 is 0 Å². The molecule has 0 aliphatic rings. The Bertz CT molecular complexity index is 544. The SMILES string of the molecule is CCC(Oc1ccccc1)C(C)(C)Cc1ccc(O)cc1. The smallest absolute Gasteiger partial charge is 0.119 e. The maximum Gasteiger partial charge on any atom is 0.119 e. The molecule has 0 radical (unpaired) electrons. The number of aromatic hydroxyl groups is 1. The summed E-state index contributed by atoms with van der Waals surface area (Å²) in [6.07, 6.45) is 2.02. The van der Waals surface area contributed by atoms with Gasteiger partial charge in [0.25, 0.3) is 0 Å². The first-order valence-electron chi connectivity index (χ1n) is 7.51. The molecule has 2 rings (SSSR count). The molecule has 2 heteroatoms. The lowest BCUT2D eigenvalue weighted by atomic mass is 9.79. The molecule has 0 heterocycles. The van der Waals surface area contributed by atoms with E-state index in [4.69, 9.17) is 4.74 Å². The van der Waals surface area contributed by atoms with Crippen molar-refractivity contribution in [1.82, 2.24) is 0 Å². The Kier molecular flexibility index (Phi) is 4.89. The number of rotatable bonds is 6. The van der Waals surface area contributed by atoms with Crippen LogP contribution in [-0.4, -0.2) is 11.2 Å². The molecule has 1 unspecified atom stereocenters. The van der Waals surface area contributed by atoms with E-state index in [9.17, 15) is 5.11 Å². The number of benzene rings is 2. The zero-order chi connectivity index (χ0) is 15.3. The quantitative estimate of drug-likeness (QED) is 0.824. The van der Waals surface area contributed by atoms with Crippen molar-refractivity contribution in [2.45, 2.75) is 39.7 Å². The van der Waals surface area contributed by atoms with Crippen LogP contribution in [0.4, 0.5) is 0 Å². The number of phenols is 1. The van der Waals surface area contributed by atoms with Crippen molar-refractivity contribution >= 4 is 0 Å². The second-order valence-electron chi connectivity index (χ2n) is 6.16. The van der Waals surface area contributed by atoms with Gasteiger partial charge in [0.1, 0.15) is 17.6 Å². The van der Waals surface area contributed by atoms with Gasteiger partial charge in [0.05, 0.1) is 0 Å².